The molecule has 0 N–H and O–H groups in total. The van der Waals surface area contributed by atoms with Crippen LogP contribution >= 0.6 is 0 Å². The van der Waals surface area contributed by atoms with Gasteiger partial charge in [-0.05, 0) is 30.4 Å². The molecule has 0 aliphatic carbocycles. The average molecular weight is 509 g/mol. The van der Waals surface area contributed by atoms with Crippen LogP contribution < -0.4 is 23.7 Å². The molecule has 2 aromatic carbocycles. The van der Waals surface area contributed by atoms with Crippen molar-refractivity contribution in [2.45, 2.75) is 0 Å². The molecule has 0 heterocycles. The van der Waals surface area contributed by atoms with Gasteiger partial charge in [-0.15, -0.1) is 0 Å². The zero-order valence-electron chi connectivity index (χ0n) is 21.1. The summed E-state index contributed by atoms with van der Waals surface area (Å²) in [5.74, 6) is 1.61. The van der Waals surface area contributed by atoms with Crippen molar-refractivity contribution in [2.24, 2.45) is 0 Å². The van der Waals surface area contributed by atoms with Crippen molar-refractivity contribution in [1.29, 1.82) is 0 Å². The molecule has 0 aromatic heterocycles. The maximum Gasteiger partial charge on any atom is 0.188 e. The number of allylic oxidation sites excluding steroid dienone is 1. The minimum absolute atomic E-state index is 0.0191. The van der Waals surface area contributed by atoms with Gasteiger partial charge < -0.3 is 47.4 Å². The first-order chi connectivity index (χ1) is 17.6. The minimum atomic E-state index is -0.300. The number of rotatable bonds is 18. The zero-order chi connectivity index (χ0) is 26.2. The fourth-order valence-corrected chi connectivity index (χ4v) is 2.83. The van der Waals surface area contributed by atoms with Crippen LogP contribution in [-0.2, 0) is 23.7 Å². The van der Waals surface area contributed by atoms with Gasteiger partial charge in [0.1, 0.15) is 17.2 Å². The van der Waals surface area contributed by atoms with Crippen LogP contribution in [0.25, 0.3) is 6.08 Å². The lowest BCUT2D eigenvalue weighted by atomic mass is 10.1. The second-order valence-electron chi connectivity index (χ2n) is 6.95. The molecular formula is C25H32O11. The molecule has 0 spiro atoms. The summed E-state index contributed by atoms with van der Waals surface area (Å²) >= 11 is 0. The molecule has 198 valence electrons. The number of carbonyl (C=O) groups excluding carboxylic acids is 1. The fraction of sp³-hybridized carbons (Fsp3) is 0.400. The van der Waals surface area contributed by atoms with Crippen LogP contribution in [0.1, 0.15) is 15.9 Å². The van der Waals surface area contributed by atoms with E-state index in [9.17, 15) is 4.79 Å². The zero-order valence-corrected chi connectivity index (χ0v) is 21.1. The Morgan fingerprint density at radius 3 is 1.61 bits per heavy atom. The predicted octanol–water partition coefficient (Wildman–Crippen LogP) is 3.50. The Kier molecular flexibility index (Phi) is 13.1. The van der Waals surface area contributed by atoms with Crippen molar-refractivity contribution in [1.82, 2.24) is 0 Å². The first kappa shape index (κ1) is 28.9. The van der Waals surface area contributed by atoms with Gasteiger partial charge in [0.25, 0.3) is 0 Å². The summed E-state index contributed by atoms with van der Waals surface area (Å²) in [6.07, 6.45) is 2.96. The van der Waals surface area contributed by atoms with Gasteiger partial charge in [-0.25, -0.2) is 0 Å². The SMILES string of the molecule is COCOc1cc(OCOC)c(/C=C/C(=O)c2ccc(OCOC)c(OCOC)c2)c(OCOC)c1. The number of methoxy groups -OCH3 is 5. The molecule has 36 heavy (non-hydrogen) atoms. The highest BCUT2D eigenvalue weighted by Crippen LogP contribution is 2.36. The van der Waals surface area contributed by atoms with Gasteiger partial charge in [0.2, 0.25) is 0 Å². The van der Waals surface area contributed by atoms with E-state index in [0.29, 0.717) is 39.9 Å². The number of ether oxygens (including phenoxy) is 10. The number of hydrogen-bond acceptors (Lipinski definition) is 11. The van der Waals surface area contributed by atoms with Crippen molar-refractivity contribution in [3.05, 3.63) is 47.5 Å². The fourth-order valence-electron chi connectivity index (χ4n) is 2.83. The highest BCUT2D eigenvalue weighted by atomic mass is 16.7. The Morgan fingerprint density at radius 2 is 1.08 bits per heavy atom. The smallest absolute Gasteiger partial charge is 0.188 e. The van der Waals surface area contributed by atoms with E-state index in [1.165, 1.54) is 41.6 Å². The Balaban J connectivity index is 2.39. The van der Waals surface area contributed by atoms with E-state index in [0.717, 1.165) is 0 Å². The number of hydrogen-bond donors (Lipinski definition) is 0. The summed E-state index contributed by atoms with van der Waals surface area (Å²) in [5.41, 5.74) is 0.846. The maximum atomic E-state index is 13.0. The van der Waals surface area contributed by atoms with E-state index in [4.69, 9.17) is 47.4 Å². The third-order valence-corrected chi connectivity index (χ3v) is 4.38. The summed E-state index contributed by atoms with van der Waals surface area (Å²) in [6.45, 7) is -0.0345. The molecule has 2 rings (SSSR count). The second-order valence-corrected chi connectivity index (χ2v) is 6.95. The van der Waals surface area contributed by atoms with Gasteiger partial charge in [0.05, 0.1) is 5.56 Å². The maximum absolute atomic E-state index is 13.0. The van der Waals surface area contributed by atoms with Crippen LogP contribution in [0.2, 0.25) is 0 Å². The van der Waals surface area contributed by atoms with Gasteiger partial charge in [-0.3, -0.25) is 4.79 Å². The number of ketones is 1. The van der Waals surface area contributed by atoms with Crippen molar-refractivity contribution < 1.29 is 52.2 Å². The lowest BCUT2D eigenvalue weighted by Crippen LogP contribution is -2.07. The quantitative estimate of drug-likeness (QED) is 0.168. The average Bonchev–Trinajstić information content (AvgIpc) is 2.90. The topological polar surface area (TPSA) is 109 Å². The highest BCUT2D eigenvalue weighted by molar-refractivity contribution is 6.07. The van der Waals surface area contributed by atoms with Crippen molar-refractivity contribution in [3.63, 3.8) is 0 Å². The molecule has 0 unspecified atom stereocenters. The van der Waals surface area contributed by atoms with Crippen LogP contribution in [0.15, 0.2) is 36.4 Å². The third kappa shape index (κ3) is 9.02. The third-order valence-electron chi connectivity index (χ3n) is 4.38. The molecule has 0 atom stereocenters. The summed E-state index contributed by atoms with van der Waals surface area (Å²) in [6, 6.07) is 8.07. The van der Waals surface area contributed by atoms with Crippen LogP contribution in [0.3, 0.4) is 0 Å². The first-order valence-electron chi connectivity index (χ1n) is 10.7. The van der Waals surface area contributed by atoms with E-state index in [1.54, 1.807) is 36.4 Å². The van der Waals surface area contributed by atoms with E-state index >= 15 is 0 Å². The van der Waals surface area contributed by atoms with Crippen molar-refractivity contribution >= 4 is 11.9 Å². The Bertz CT molecular complexity index is 945. The summed E-state index contributed by atoms with van der Waals surface area (Å²) in [4.78, 5) is 13.0. The summed E-state index contributed by atoms with van der Waals surface area (Å²) in [7, 11) is 7.50. The van der Waals surface area contributed by atoms with E-state index in [1.807, 2.05) is 0 Å². The second kappa shape index (κ2) is 16.3. The molecule has 0 amide bonds. The molecule has 11 heteroatoms. The van der Waals surface area contributed by atoms with Gasteiger partial charge in [-0.2, -0.15) is 0 Å². The highest BCUT2D eigenvalue weighted by Gasteiger charge is 2.15. The molecule has 0 fully saturated rings. The number of carbonyl (C=O) groups is 1. The summed E-state index contributed by atoms with van der Waals surface area (Å²) in [5, 5.41) is 0. The van der Waals surface area contributed by atoms with E-state index in [2.05, 4.69) is 0 Å². The molecule has 0 radical (unpaired) electrons. The molecule has 0 aliphatic heterocycles. The first-order valence-corrected chi connectivity index (χ1v) is 10.7. The monoisotopic (exact) mass is 508 g/mol. The summed E-state index contributed by atoms with van der Waals surface area (Å²) < 4.78 is 52.9. The van der Waals surface area contributed by atoms with Gasteiger partial charge >= 0.3 is 0 Å². The normalized spacial score (nSPS) is 10.9. The van der Waals surface area contributed by atoms with Crippen molar-refractivity contribution in [2.75, 3.05) is 69.5 Å². The molecular weight excluding hydrogens is 476 g/mol. The standard InChI is InChI=1S/C25H32O11/c1-27-13-32-19-11-23(34-15-29-3)20(24(12-19)35-16-30-4)7-8-21(26)18-6-9-22(33-14-28-2)25(10-18)36-17-31-5/h6-12H,13-17H2,1-5H3/b8-7+. The Hall–Kier alpha value is -3.35. The molecule has 0 saturated carbocycles. The molecule has 11 nitrogen and oxygen atoms in total. The van der Waals surface area contributed by atoms with Gasteiger partial charge in [-0.1, -0.05) is 0 Å². The van der Waals surface area contributed by atoms with Crippen LogP contribution in [-0.4, -0.2) is 75.3 Å². The van der Waals surface area contributed by atoms with Crippen LogP contribution in [0.5, 0.6) is 28.7 Å². The lowest BCUT2D eigenvalue weighted by Gasteiger charge is -2.16. The van der Waals surface area contributed by atoms with Crippen LogP contribution in [0, 0.1) is 0 Å². The molecule has 0 saturated heterocycles. The Morgan fingerprint density at radius 1 is 0.611 bits per heavy atom. The predicted molar refractivity (Wildman–Crippen MR) is 129 cm³/mol. The lowest BCUT2D eigenvalue weighted by molar-refractivity contribution is 0.0322. The number of benzene rings is 2. The van der Waals surface area contributed by atoms with Gasteiger partial charge in [0.15, 0.2) is 51.2 Å². The van der Waals surface area contributed by atoms with E-state index in [-0.39, 0.29) is 39.7 Å². The van der Waals surface area contributed by atoms with Crippen molar-refractivity contribution in [3.8, 4) is 28.7 Å². The molecule has 0 bridgehead atoms. The Labute approximate surface area is 210 Å². The minimum Gasteiger partial charge on any atom is -0.467 e. The molecule has 2 aromatic rings. The van der Waals surface area contributed by atoms with Gasteiger partial charge in [0, 0.05) is 53.2 Å². The largest absolute Gasteiger partial charge is 0.467 e. The van der Waals surface area contributed by atoms with E-state index < -0.39 is 0 Å². The van der Waals surface area contributed by atoms with Crippen LogP contribution in [0.4, 0.5) is 0 Å². The molecule has 0 aliphatic rings.